The number of thiophene rings is 1. The maximum absolute atomic E-state index is 12.9. The van der Waals surface area contributed by atoms with Crippen LogP contribution >= 0.6 is 11.3 Å². The predicted molar refractivity (Wildman–Crippen MR) is 130 cm³/mol. The molecule has 0 saturated carbocycles. The summed E-state index contributed by atoms with van der Waals surface area (Å²) in [5.74, 6) is -0.368. The maximum atomic E-state index is 12.9. The average Bonchev–Trinajstić information content (AvgIpc) is 3.13. The number of rotatable bonds is 10. The number of nitrogens with one attached hydrogen (secondary N) is 1. The van der Waals surface area contributed by atoms with E-state index in [9.17, 15) is 18.0 Å². The molecule has 0 atom stereocenters. The van der Waals surface area contributed by atoms with Crippen LogP contribution in [-0.4, -0.2) is 46.3 Å². The van der Waals surface area contributed by atoms with Gasteiger partial charge in [-0.15, -0.1) is 11.3 Å². The molecule has 1 amide bonds. The third-order valence-electron chi connectivity index (χ3n) is 5.19. The fourth-order valence-corrected chi connectivity index (χ4v) is 5.85. The fraction of sp³-hybridized carbons (Fsp3) is 0.478. The molecule has 1 aromatic carbocycles. The van der Waals surface area contributed by atoms with Gasteiger partial charge in [-0.25, -0.2) is 13.2 Å². The Morgan fingerprint density at radius 1 is 1.12 bits per heavy atom. The van der Waals surface area contributed by atoms with Crippen LogP contribution in [0, 0.1) is 0 Å². The highest BCUT2D eigenvalue weighted by molar-refractivity contribution is 7.92. The van der Waals surface area contributed by atoms with Crippen molar-refractivity contribution >= 4 is 43.9 Å². The molecular formula is C23H30N2O6S2. The van der Waals surface area contributed by atoms with E-state index in [1.807, 2.05) is 6.92 Å². The van der Waals surface area contributed by atoms with Gasteiger partial charge in [0.05, 0.1) is 30.7 Å². The number of anilines is 2. The monoisotopic (exact) mass is 494 g/mol. The number of esters is 1. The Morgan fingerprint density at radius 2 is 1.82 bits per heavy atom. The van der Waals surface area contributed by atoms with Crippen molar-refractivity contribution < 1.29 is 27.5 Å². The predicted octanol–water partition coefficient (Wildman–Crippen LogP) is 4.00. The molecule has 0 radical (unpaired) electrons. The Bertz CT molecular complexity index is 1090. The van der Waals surface area contributed by atoms with Crippen LogP contribution in [0.25, 0.3) is 0 Å². The van der Waals surface area contributed by atoms with E-state index in [0.717, 1.165) is 53.1 Å². The highest BCUT2D eigenvalue weighted by Crippen LogP contribution is 2.38. The van der Waals surface area contributed by atoms with Gasteiger partial charge in [-0.1, -0.05) is 6.92 Å². The number of carbonyl (C=O) groups excluding carboxylic acids is 2. The van der Waals surface area contributed by atoms with Crippen LogP contribution in [0.2, 0.25) is 0 Å². The molecular weight excluding hydrogens is 464 g/mol. The van der Waals surface area contributed by atoms with E-state index in [1.165, 1.54) is 11.3 Å². The zero-order valence-electron chi connectivity index (χ0n) is 19.2. The molecule has 8 nitrogen and oxygen atoms in total. The first-order chi connectivity index (χ1) is 15.7. The van der Waals surface area contributed by atoms with E-state index in [4.69, 9.17) is 9.47 Å². The molecule has 10 heteroatoms. The molecule has 0 fully saturated rings. The second-order valence-corrected chi connectivity index (χ2v) is 10.8. The van der Waals surface area contributed by atoms with Gasteiger partial charge in [-0.3, -0.25) is 9.10 Å². The van der Waals surface area contributed by atoms with E-state index >= 15 is 0 Å². The van der Waals surface area contributed by atoms with E-state index < -0.39 is 28.4 Å². The van der Waals surface area contributed by atoms with Gasteiger partial charge in [-0.05, 0) is 68.9 Å². The lowest BCUT2D eigenvalue weighted by atomic mass is 9.95. The summed E-state index contributed by atoms with van der Waals surface area (Å²) in [5, 5.41) is 3.19. The minimum atomic E-state index is -3.73. The quantitative estimate of drug-likeness (QED) is 0.501. The van der Waals surface area contributed by atoms with Gasteiger partial charge in [0.2, 0.25) is 15.9 Å². The largest absolute Gasteiger partial charge is 0.494 e. The van der Waals surface area contributed by atoms with Gasteiger partial charge in [0.1, 0.15) is 17.3 Å². The lowest BCUT2D eigenvalue weighted by Gasteiger charge is -2.22. The lowest BCUT2D eigenvalue weighted by Crippen LogP contribution is -2.37. The molecule has 0 bridgehead atoms. The normalized spacial score (nSPS) is 13.2. The second kappa shape index (κ2) is 11.0. The zero-order chi connectivity index (χ0) is 24.0. The van der Waals surface area contributed by atoms with Gasteiger partial charge in [0.15, 0.2) is 0 Å². The molecule has 0 saturated heterocycles. The smallest absolute Gasteiger partial charge is 0.341 e. The van der Waals surface area contributed by atoms with Crippen LogP contribution in [0.15, 0.2) is 24.3 Å². The van der Waals surface area contributed by atoms with Crippen molar-refractivity contribution in [3.05, 3.63) is 40.3 Å². The number of ether oxygens (including phenoxy) is 2. The topological polar surface area (TPSA) is 102 Å². The van der Waals surface area contributed by atoms with Crippen LogP contribution in [-0.2, 0) is 32.4 Å². The highest BCUT2D eigenvalue weighted by Gasteiger charge is 2.28. The van der Waals surface area contributed by atoms with Crippen molar-refractivity contribution in [2.24, 2.45) is 0 Å². The van der Waals surface area contributed by atoms with Gasteiger partial charge in [0, 0.05) is 4.88 Å². The third-order valence-corrected chi connectivity index (χ3v) is 7.54. The van der Waals surface area contributed by atoms with Gasteiger partial charge in [-0.2, -0.15) is 0 Å². The molecule has 0 spiro atoms. The van der Waals surface area contributed by atoms with Crippen molar-refractivity contribution in [3.8, 4) is 5.75 Å². The Hall–Kier alpha value is -2.59. The summed E-state index contributed by atoms with van der Waals surface area (Å²) >= 11 is 1.37. The summed E-state index contributed by atoms with van der Waals surface area (Å²) in [7, 11) is -3.73. The van der Waals surface area contributed by atoms with Crippen molar-refractivity contribution in [2.45, 2.75) is 46.0 Å². The van der Waals surface area contributed by atoms with Crippen LogP contribution < -0.4 is 14.4 Å². The molecule has 33 heavy (non-hydrogen) atoms. The summed E-state index contributed by atoms with van der Waals surface area (Å²) in [6.45, 7) is 4.11. The molecule has 1 heterocycles. The summed E-state index contributed by atoms with van der Waals surface area (Å²) < 4.78 is 36.7. The Balaban J connectivity index is 1.81. The van der Waals surface area contributed by atoms with E-state index in [-0.39, 0.29) is 6.61 Å². The van der Waals surface area contributed by atoms with Crippen LogP contribution in [0.4, 0.5) is 10.7 Å². The van der Waals surface area contributed by atoms with Crippen molar-refractivity contribution in [1.29, 1.82) is 0 Å². The van der Waals surface area contributed by atoms with Crippen LogP contribution in [0.3, 0.4) is 0 Å². The minimum absolute atomic E-state index is 0.233. The number of nitrogens with zero attached hydrogens (tertiary/aromatic N) is 1. The van der Waals surface area contributed by atoms with Gasteiger partial charge < -0.3 is 14.8 Å². The molecule has 0 unspecified atom stereocenters. The van der Waals surface area contributed by atoms with Crippen molar-refractivity contribution in [1.82, 2.24) is 0 Å². The number of hydrogen-bond acceptors (Lipinski definition) is 7. The van der Waals surface area contributed by atoms with E-state index in [0.29, 0.717) is 28.6 Å². The van der Waals surface area contributed by atoms with Crippen LogP contribution in [0.5, 0.6) is 5.75 Å². The average molecular weight is 495 g/mol. The Kier molecular flexibility index (Phi) is 8.36. The zero-order valence-corrected chi connectivity index (χ0v) is 20.8. The Labute approximate surface area is 198 Å². The number of hydrogen-bond donors (Lipinski definition) is 1. The number of carbonyl (C=O) groups is 2. The fourth-order valence-electron chi connectivity index (χ4n) is 3.70. The Morgan fingerprint density at radius 3 is 2.45 bits per heavy atom. The molecule has 1 aliphatic rings. The summed E-state index contributed by atoms with van der Waals surface area (Å²) in [6.07, 6.45) is 5.53. The number of fused-ring (bicyclic) bond motifs is 1. The van der Waals surface area contributed by atoms with Gasteiger partial charge in [0.25, 0.3) is 0 Å². The lowest BCUT2D eigenvalue weighted by molar-refractivity contribution is -0.114. The number of sulfonamides is 1. The third kappa shape index (κ3) is 6.26. The molecule has 180 valence electrons. The number of aryl methyl sites for hydroxylation is 1. The van der Waals surface area contributed by atoms with Crippen LogP contribution in [0.1, 0.15) is 53.9 Å². The second-order valence-electron chi connectivity index (χ2n) is 7.80. The number of benzene rings is 1. The molecule has 0 aliphatic heterocycles. The first-order valence-electron chi connectivity index (χ1n) is 11.1. The molecule has 1 N–H and O–H groups in total. The summed E-state index contributed by atoms with van der Waals surface area (Å²) in [5.41, 5.74) is 1.68. The van der Waals surface area contributed by atoms with E-state index in [1.54, 1.807) is 31.2 Å². The standard InChI is InChI=1S/C23H30N2O6S2/c1-4-14-31-17-12-10-16(11-13-17)25(33(3,28)29)15-20(26)24-22-21(23(27)30-5-2)18-8-6-7-9-19(18)32-22/h10-13H,4-9,14-15H2,1-3H3,(H,24,26). The molecule has 2 aromatic rings. The summed E-state index contributed by atoms with van der Waals surface area (Å²) in [6, 6.07) is 6.56. The molecule has 1 aliphatic carbocycles. The first-order valence-corrected chi connectivity index (χ1v) is 13.7. The minimum Gasteiger partial charge on any atom is -0.494 e. The first kappa shape index (κ1) is 25.0. The highest BCUT2D eigenvalue weighted by atomic mass is 32.2. The SMILES string of the molecule is CCCOc1ccc(N(CC(=O)Nc2sc3c(c2C(=O)OCC)CCCC3)S(C)(=O)=O)cc1. The molecule has 1 aromatic heterocycles. The van der Waals surface area contributed by atoms with Crippen molar-refractivity contribution in [3.63, 3.8) is 0 Å². The van der Waals surface area contributed by atoms with Crippen molar-refractivity contribution in [2.75, 3.05) is 35.6 Å². The van der Waals surface area contributed by atoms with E-state index in [2.05, 4.69) is 5.32 Å². The maximum Gasteiger partial charge on any atom is 0.341 e. The van der Waals surface area contributed by atoms with Gasteiger partial charge >= 0.3 is 5.97 Å². The summed E-state index contributed by atoms with van der Waals surface area (Å²) in [4.78, 5) is 26.6. The molecule has 3 rings (SSSR count). The number of amides is 1.